The summed E-state index contributed by atoms with van der Waals surface area (Å²) in [6, 6.07) is 15.8. The molecule has 2 aromatic rings. The van der Waals surface area contributed by atoms with Crippen LogP contribution in [0.25, 0.3) is 11.1 Å². The van der Waals surface area contributed by atoms with Crippen molar-refractivity contribution in [3.63, 3.8) is 0 Å². The van der Waals surface area contributed by atoms with Crippen LogP contribution in [0, 0.1) is 0 Å². The lowest BCUT2D eigenvalue weighted by atomic mass is 10.0. The van der Waals surface area contributed by atoms with Crippen LogP contribution >= 0.6 is 0 Å². The van der Waals surface area contributed by atoms with Crippen LogP contribution in [0.15, 0.2) is 48.5 Å². The van der Waals surface area contributed by atoms with Gasteiger partial charge in [0.05, 0.1) is 12.8 Å². The minimum absolute atomic E-state index is 0.118. The Morgan fingerprint density at radius 1 is 1.04 bits per heavy atom. The number of anilines is 1. The molecule has 0 atom stereocenters. The molecule has 0 spiro atoms. The van der Waals surface area contributed by atoms with E-state index in [1.807, 2.05) is 69.6 Å². The molecule has 134 valence electrons. The predicted octanol–water partition coefficient (Wildman–Crippen LogP) is 3.78. The summed E-state index contributed by atoms with van der Waals surface area (Å²) < 4.78 is 5.41. The van der Waals surface area contributed by atoms with Gasteiger partial charge in [0.1, 0.15) is 5.75 Å². The second-order valence-corrected chi connectivity index (χ2v) is 6.09. The molecule has 0 heterocycles. The van der Waals surface area contributed by atoms with E-state index in [9.17, 15) is 4.79 Å². The highest BCUT2D eigenvalue weighted by Crippen LogP contribution is 2.30. The van der Waals surface area contributed by atoms with E-state index in [2.05, 4.69) is 10.2 Å². The lowest BCUT2D eigenvalue weighted by Gasteiger charge is -2.24. The summed E-state index contributed by atoms with van der Waals surface area (Å²) in [7, 11) is 5.60. The van der Waals surface area contributed by atoms with Crippen molar-refractivity contribution in [1.29, 1.82) is 0 Å². The van der Waals surface area contributed by atoms with Crippen LogP contribution in [0.3, 0.4) is 0 Å². The largest absolute Gasteiger partial charge is 0.495 e. The number of carbonyl (C=O) groups is 1. The van der Waals surface area contributed by atoms with Gasteiger partial charge in [-0.3, -0.25) is 0 Å². The van der Waals surface area contributed by atoms with Crippen molar-refractivity contribution in [2.45, 2.75) is 6.92 Å². The second-order valence-electron chi connectivity index (χ2n) is 6.09. The van der Waals surface area contributed by atoms with Gasteiger partial charge < -0.3 is 19.9 Å². The van der Waals surface area contributed by atoms with Gasteiger partial charge in [0.15, 0.2) is 0 Å². The van der Waals surface area contributed by atoms with Crippen molar-refractivity contribution in [2.75, 3.05) is 46.2 Å². The van der Waals surface area contributed by atoms with Crippen LogP contribution < -0.4 is 10.1 Å². The molecular formula is C20H27N3O2. The Hall–Kier alpha value is -2.53. The fraction of sp³-hybridized carbons (Fsp3) is 0.350. The quantitative estimate of drug-likeness (QED) is 0.833. The number of nitrogens with zero attached hydrogens (tertiary/aromatic N) is 2. The molecule has 0 aliphatic rings. The molecule has 0 radical (unpaired) electrons. The lowest BCUT2D eigenvalue weighted by molar-refractivity contribution is 0.208. The highest BCUT2D eigenvalue weighted by atomic mass is 16.5. The molecule has 0 aromatic heterocycles. The van der Waals surface area contributed by atoms with Gasteiger partial charge in [-0.05, 0) is 44.3 Å². The van der Waals surface area contributed by atoms with Gasteiger partial charge >= 0.3 is 6.03 Å². The third kappa shape index (κ3) is 5.22. The van der Waals surface area contributed by atoms with Crippen molar-refractivity contribution in [2.24, 2.45) is 0 Å². The molecule has 0 bridgehead atoms. The molecule has 5 heteroatoms. The van der Waals surface area contributed by atoms with Crippen molar-refractivity contribution >= 4 is 11.7 Å². The predicted molar refractivity (Wildman–Crippen MR) is 103 cm³/mol. The molecular weight excluding hydrogens is 314 g/mol. The van der Waals surface area contributed by atoms with E-state index in [-0.39, 0.29) is 6.03 Å². The first-order valence-electron chi connectivity index (χ1n) is 8.49. The van der Waals surface area contributed by atoms with Gasteiger partial charge in [0, 0.05) is 19.6 Å². The lowest BCUT2D eigenvalue weighted by Crippen LogP contribution is -2.39. The number of benzene rings is 2. The van der Waals surface area contributed by atoms with E-state index >= 15 is 0 Å². The molecule has 0 unspecified atom stereocenters. The molecule has 2 aromatic carbocycles. The van der Waals surface area contributed by atoms with Crippen LogP contribution in [-0.2, 0) is 0 Å². The second kappa shape index (κ2) is 9.08. The summed E-state index contributed by atoms with van der Waals surface area (Å²) in [5, 5.41) is 2.99. The fourth-order valence-corrected chi connectivity index (χ4v) is 2.53. The van der Waals surface area contributed by atoms with Gasteiger partial charge in [0.25, 0.3) is 0 Å². The summed E-state index contributed by atoms with van der Waals surface area (Å²) in [6.07, 6.45) is 0. The van der Waals surface area contributed by atoms with Crippen molar-refractivity contribution in [3.05, 3.63) is 48.5 Å². The Morgan fingerprint density at radius 2 is 1.76 bits per heavy atom. The maximum absolute atomic E-state index is 12.6. The minimum atomic E-state index is -0.118. The Kier molecular flexibility index (Phi) is 6.83. The topological polar surface area (TPSA) is 44.8 Å². The number of carbonyl (C=O) groups excluding carboxylic acids is 1. The van der Waals surface area contributed by atoms with Gasteiger partial charge in [-0.15, -0.1) is 0 Å². The molecule has 2 amide bonds. The number of likely N-dealkylation sites (N-methyl/N-ethyl adjacent to an activating group) is 2. The molecule has 0 saturated heterocycles. The first kappa shape index (κ1) is 18.8. The zero-order valence-corrected chi connectivity index (χ0v) is 15.5. The number of ether oxygens (including phenoxy) is 1. The van der Waals surface area contributed by atoms with Gasteiger partial charge in [0.2, 0.25) is 0 Å². The van der Waals surface area contributed by atoms with E-state index in [1.54, 1.807) is 12.0 Å². The third-order valence-corrected chi connectivity index (χ3v) is 4.03. The number of methoxy groups -OCH3 is 1. The monoisotopic (exact) mass is 341 g/mol. The standard InChI is InChI=1S/C20H27N3O2/c1-5-23(14-13-22(2)3)20(24)21-18-15-17(11-12-19(18)25-4)16-9-7-6-8-10-16/h6-12,15H,5,13-14H2,1-4H3,(H,21,24). The van der Waals surface area contributed by atoms with E-state index in [0.29, 0.717) is 24.5 Å². The smallest absolute Gasteiger partial charge is 0.321 e. The first-order valence-corrected chi connectivity index (χ1v) is 8.49. The molecule has 5 nitrogen and oxygen atoms in total. The SMILES string of the molecule is CCN(CCN(C)C)C(=O)Nc1cc(-c2ccccc2)ccc1OC. The number of nitrogens with one attached hydrogen (secondary N) is 1. The Balaban J connectivity index is 2.20. The van der Waals surface area contributed by atoms with Crippen molar-refractivity contribution < 1.29 is 9.53 Å². The van der Waals surface area contributed by atoms with Crippen LogP contribution in [0.5, 0.6) is 5.75 Å². The highest BCUT2D eigenvalue weighted by Gasteiger charge is 2.15. The summed E-state index contributed by atoms with van der Waals surface area (Å²) in [5.41, 5.74) is 2.81. The van der Waals surface area contributed by atoms with E-state index in [4.69, 9.17) is 4.74 Å². The summed E-state index contributed by atoms with van der Waals surface area (Å²) >= 11 is 0. The van der Waals surface area contributed by atoms with E-state index in [1.165, 1.54) is 0 Å². The van der Waals surface area contributed by atoms with Crippen LogP contribution in [-0.4, -0.2) is 56.7 Å². The van der Waals surface area contributed by atoms with E-state index < -0.39 is 0 Å². The maximum Gasteiger partial charge on any atom is 0.321 e. The van der Waals surface area contributed by atoms with Gasteiger partial charge in [-0.2, -0.15) is 0 Å². The molecule has 0 aliphatic carbocycles. The number of urea groups is 1. The molecule has 25 heavy (non-hydrogen) atoms. The maximum atomic E-state index is 12.6. The normalized spacial score (nSPS) is 10.6. The molecule has 0 fully saturated rings. The fourth-order valence-electron chi connectivity index (χ4n) is 2.53. The number of rotatable bonds is 7. The van der Waals surface area contributed by atoms with Crippen LogP contribution in [0.2, 0.25) is 0 Å². The molecule has 2 rings (SSSR count). The van der Waals surface area contributed by atoms with Crippen LogP contribution in [0.1, 0.15) is 6.92 Å². The van der Waals surface area contributed by atoms with Crippen molar-refractivity contribution in [1.82, 2.24) is 9.80 Å². The Morgan fingerprint density at radius 3 is 2.36 bits per heavy atom. The number of hydrogen-bond donors (Lipinski definition) is 1. The highest BCUT2D eigenvalue weighted by molar-refractivity contribution is 5.92. The molecule has 1 N–H and O–H groups in total. The number of amides is 2. The van der Waals surface area contributed by atoms with Gasteiger partial charge in [-0.25, -0.2) is 4.79 Å². The summed E-state index contributed by atoms with van der Waals surface area (Å²) in [5.74, 6) is 0.650. The first-order chi connectivity index (χ1) is 12.0. The molecule has 0 saturated carbocycles. The average Bonchev–Trinajstić information content (AvgIpc) is 2.62. The number of hydrogen-bond acceptors (Lipinski definition) is 3. The van der Waals surface area contributed by atoms with Crippen molar-refractivity contribution in [3.8, 4) is 16.9 Å². The summed E-state index contributed by atoms with van der Waals surface area (Å²) in [4.78, 5) is 16.5. The zero-order chi connectivity index (χ0) is 18.2. The Labute approximate surface area is 150 Å². The minimum Gasteiger partial charge on any atom is -0.495 e. The Bertz CT molecular complexity index is 687. The average molecular weight is 341 g/mol. The third-order valence-electron chi connectivity index (χ3n) is 4.03. The summed E-state index contributed by atoms with van der Waals surface area (Å²) in [6.45, 7) is 4.13. The molecule has 0 aliphatic heterocycles. The van der Waals surface area contributed by atoms with Crippen LogP contribution in [0.4, 0.5) is 10.5 Å². The van der Waals surface area contributed by atoms with Gasteiger partial charge in [-0.1, -0.05) is 36.4 Å². The van der Waals surface area contributed by atoms with E-state index in [0.717, 1.165) is 17.7 Å². The zero-order valence-electron chi connectivity index (χ0n) is 15.5.